The van der Waals surface area contributed by atoms with Gasteiger partial charge in [-0.25, -0.2) is 4.98 Å². The monoisotopic (exact) mass is 264 g/mol. The molecule has 0 bridgehead atoms. The number of alkyl halides is 3. The zero-order chi connectivity index (χ0) is 12.5. The van der Waals surface area contributed by atoms with Gasteiger partial charge in [0.2, 0.25) is 0 Å². The van der Waals surface area contributed by atoms with E-state index in [1.54, 1.807) is 0 Å². The summed E-state index contributed by atoms with van der Waals surface area (Å²) in [6, 6.07) is 0.344. The van der Waals surface area contributed by atoms with Crippen molar-refractivity contribution in [2.75, 3.05) is 11.9 Å². The summed E-state index contributed by atoms with van der Waals surface area (Å²) in [5.74, 6) is 0. The molecule has 0 N–H and O–H groups in total. The van der Waals surface area contributed by atoms with Gasteiger partial charge in [-0.1, -0.05) is 19.3 Å². The maximum Gasteiger partial charge on any atom is 0.434 e. The molecule has 1 aliphatic rings. The van der Waals surface area contributed by atoms with Crippen LogP contribution in [-0.4, -0.2) is 18.1 Å². The molecule has 0 saturated heterocycles. The summed E-state index contributed by atoms with van der Waals surface area (Å²) in [6.45, 7) is 0. The Kier molecular flexibility index (Phi) is 3.61. The first kappa shape index (κ1) is 12.7. The molecule has 1 aromatic heterocycles. The zero-order valence-electron chi connectivity index (χ0n) is 9.63. The fourth-order valence-corrected chi connectivity index (χ4v) is 3.05. The molecule has 17 heavy (non-hydrogen) atoms. The minimum Gasteiger partial charge on any atom is -0.348 e. The summed E-state index contributed by atoms with van der Waals surface area (Å²) in [6.07, 6.45) is 1.33. The quantitative estimate of drug-likeness (QED) is 0.804. The molecule has 1 fully saturated rings. The second-order valence-electron chi connectivity index (χ2n) is 4.42. The van der Waals surface area contributed by atoms with Crippen LogP contribution in [0, 0.1) is 0 Å². The Labute approximate surface area is 102 Å². The maximum atomic E-state index is 12.4. The first-order valence-corrected chi connectivity index (χ1v) is 6.62. The Morgan fingerprint density at radius 3 is 2.47 bits per heavy atom. The summed E-state index contributed by atoms with van der Waals surface area (Å²) in [4.78, 5) is 5.58. The van der Waals surface area contributed by atoms with Gasteiger partial charge < -0.3 is 4.90 Å². The minimum atomic E-state index is -4.33. The normalized spacial score (nSPS) is 18.4. The van der Waals surface area contributed by atoms with E-state index in [9.17, 15) is 13.2 Å². The van der Waals surface area contributed by atoms with Crippen molar-refractivity contribution in [3.05, 3.63) is 11.1 Å². The van der Waals surface area contributed by atoms with Crippen LogP contribution in [0.15, 0.2) is 5.38 Å². The number of nitrogens with zero attached hydrogens (tertiary/aromatic N) is 2. The minimum absolute atomic E-state index is 0.344. The van der Waals surface area contributed by atoms with Crippen LogP contribution in [0.3, 0.4) is 0 Å². The van der Waals surface area contributed by atoms with Crippen LogP contribution >= 0.6 is 11.3 Å². The molecule has 1 aromatic rings. The predicted octanol–water partition coefficient (Wildman–Crippen LogP) is 3.93. The molecule has 1 saturated carbocycles. The highest BCUT2D eigenvalue weighted by atomic mass is 32.1. The van der Waals surface area contributed by atoms with Gasteiger partial charge >= 0.3 is 6.18 Å². The molecule has 1 aliphatic carbocycles. The number of hydrogen-bond donors (Lipinski definition) is 0. The van der Waals surface area contributed by atoms with Crippen LogP contribution in [0.1, 0.15) is 37.8 Å². The third kappa shape index (κ3) is 2.91. The SMILES string of the molecule is CN(c1nc(C(F)(F)F)cs1)C1CCCCC1. The molecule has 0 spiro atoms. The van der Waals surface area contributed by atoms with E-state index < -0.39 is 11.9 Å². The largest absolute Gasteiger partial charge is 0.434 e. The van der Waals surface area contributed by atoms with E-state index >= 15 is 0 Å². The van der Waals surface area contributed by atoms with E-state index in [0.29, 0.717) is 11.2 Å². The van der Waals surface area contributed by atoms with E-state index in [4.69, 9.17) is 0 Å². The average molecular weight is 264 g/mol. The van der Waals surface area contributed by atoms with Gasteiger partial charge in [-0.05, 0) is 12.8 Å². The summed E-state index contributed by atoms with van der Waals surface area (Å²) in [7, 11) is 1.84. The molecule has 0 radical (unpaired) electrons. The van der Waals surface area contributed by atoms with E-state index in [1.165, 1.54) is 6.42 Å². The summed E-state index contributed by atoms with van der Waals surface area (Å²) in [5.41, 5.74) is -0.778. The highest BCUT2D eigenvalue weighted by Gasteiger charge is 2.34. The topological polar surface area (TPSA) is 16.1 Å². The summed E-state index contributed by atoms with van der Waals surface area (Å²) in [5, 5.41) is 1.57. The molecule has 0 atom stereocenters. The third-order valence-electron chi connectivity index (χ3n) is 3.21. The lowest BCUT2D eigenvalue weighted by Gasteiger charge is -2.30. The number of hydrogen-bond acceptors (Lipinski definition) is 3. The van der Waals surface area contributed by atoms with Crippen molar-refractivity contribution in [3.8, 4) is 0 Å². The second kappa shape index (κ2) is 4.84. The maximum absolute atomic E-state index is 12.4. The van der Waals surface area contributed by atoms with Gasteiger partial charge in [-0.3, -0.25) is 0 Å². The van der Waals surface area contributed by atoms with E-state index in [1.807, 2.05) is 11.9 Å². The van der Waals surface area contributed by atoms with Gasteiger partial charge in [-0.2, -0.15) is 13.2 Å². The average Bonchev–Trinajstić information content (AvgIpc) is 2.78. The van der Waals surface area contributed by atoms with Gasteiger partial charge in [0.25, 0.3) is 0 Å². The first-order valence-electron chi connectivity index (χ1n) is 5.74. The van der Waals surface area contributed by atoms with Gasteiger partial charge in [0.15, 0.2) is 10.8 Å². The lowest BCUT2D eigenvalue weighted by molar-refractivity contribution is -0.140. The van der Waals surface area contributed by atoms with Crippen molar-refractivity contribution in [1.82, 2.24) is 4.98 Å². The van der Waals surface area contributed by atoms with Crippen molar-refractivity contribution < 1.29 is 13.2 Å². The summed E-state index contributed by atoms with van der Waals surface area (Å²) < 4.78 is 37.3. The van der Waals surface area contributed by atoms with Crippen molar-refractivity contribution in [3.63, 3.8) is 0 Å². The van der Waals surface area contributed by atoms with Crippen molar-refractivity contribution in [1.29, 1.82) is 0 Å². The number of anilines is 1. The molecule has 6 heteroatoms. The zero-order valence-corrected chi connectivity index (χ0v) is 10.4. The molecule has 0 aromatic carbocycles. The predicted molar refractivity (Wildman–Crippen MR) is 62.4 cm³/mol. The van der Waals surface area contributed by atoms with Gasteiger partial charge in [-0.15, -0.1) is 11.3 Å². The Hall–Kier alpha value is -0.780. The Morgan fingerprint density at radius 2 is 1.94 bits per heavy atom. The Bertz CT molecular complexity index is 369. The number of halogens is 3. The molecule has 2 nitrogen and oxygen atoms in total. The molecule has 0 aliphatic heterocycles. The molecule has 1 heterocycles. The van der Waals surface area contributed by atoms with E-state index in [2.05, 4.69) is 4.98 Å². The molecular weight excluding hydrogens is 249 g/mol. The van der Waals surface area contributed by atoms with Crippen molar-refractivity contribution in [2.45, 2.75) is 44.3 Å². The van der Waals surface area contributed by atoms with Gasteiger partial charge in [0, 0.05) is 18.5 Å². The lowest BCUT2D eigenvalue weighted by atomic mass is 9.95. The summed E-state index contributed by atoms with van der Waals surface area (Å²) >= 11 is 1.07. The van der Waals surface area contributed by atoms with Gasteiger partial charge in [0.1, 0.15) is 0 Å². The molecular formula is C11H15F3N2S. The second-order valence-corrected chi connectivity index (χ2v) is 5.25. The van der Waals surface area contributed by atoms with Crippen LogP contribution in [0.2, 0.25) is 0 Å². The van der Waals surface area contributed by atoms with Crippen molar-refractivity contribution in [2.24, 2.45) is 0 Å². The van der Waals surface area contributed by atoms with Crippen LogP contribution in [-0.2, 0) is 6.18 Å². The smallest absolute Gasteiger partial charge is 0.348 e. The molecule has 2 rings (SSSR count). The number of aromatic nitrogens is 1. The molecule has 0 unspecified atom stereocenters. The fourth-order valence-electron chi connectivity index (χ4n) is 2.18. The number of thiazole rings is 1. The first-order chi connectivity index (χ1) is 7.98. The molecule has 0 amide bonds. The number of rotatable bonds is 2. The highest BCUT2D eigenvalue weighted by molar-refractivity contribution is 7.13. The standard InChI is InChI=1S/C11H15F3N2S/c1-16(8-5-3-2-4-6-8)10-15-9(7-17-10)11(12,13)14/h7-8H,2-6H2,1H3. The Morgan fingerprint density at radius 1 is 1.29 bits per heavy atom. The van der Waals surface area contributed by atoms with Crippen LogP contribution < -0.4 is 4.90 Å². The van der Waals surface area contributed by atoms with E-state index in [0.717, 1.165) is 42.4 Å². The lowest BCUT2D eigenvalue weighted by Crippen LogP contribution is -2.33. The van der Waals surface area contributed by atoms with Crippen LogP contribution in [0.4, 0.5) is 18.3 Å². The van der Waals surface area contributed by atoms with Crippen molar-refractivity contribution >= 4 is 16.5 Å². The van der Waals surface area contributed by atoms with E-state index in [-0.39, 0.29) is 0 Å². The fraction of sp³-hybridized carbons (Fsp3) is 0.727. The third-order valence-corrected chi connectivity index (χ3v) is 4.14. The molecule has 96 valence electrons. The Balaban J connectivity index is 2.08. The van der Waals surface area contributed by atoms with Gasteiger partial charge in [0.05, 0.1) is 0 Å². The van der Waals surface area contributed by atoms with Crippen LogP contribution in [0.5, 0.6) is 0 Å². The highest BCUT2D eigenvalue weighted by Crippen LogP contribution is 2.34. The van der Waals surface area contributed by atoms with Crippen LogP contribution in [0.25, 0.3) is 0 Å².